The molecule has 318 valence electrons. The Morgan fingerprint density at radius 3 is 1.83 bits per heavy atom. The maximum absolute atomic E-state index is 7.44. The molecule has 59 heavy (non-hydrogen) atoms. The predicted molar refractivity (Wildman–Crippen MR) is 230 cm³/mol. The summed E-state index contributed by atoms with van der Waals surface area (Å²) in [5.41, 5.74) is 2.63. The van der Waals surface area contributed by atoms with Crippen LogP contribution in [0.5, 0.6) is 11.5 Å². The third-order valence-corrected chi connectivity index (χ3v) is 11.8. The van der Waals surface area contributed by atoms with Crippen LogP contribution in [0.1, 0.15) is 95.4 Å². The molecule has 0 saturated carbocycles. The van der Waals surface area contributed by atoms with Gasteiger partial charge in [-0.15, -0.1) is 0 Å². The van der Waals surface area contributed by atoms with Crippen molar-refractivity contribution in [2.75, 3.05) is 34.0 Å². The zero-order chi connectivity index (χ0) is 41.9. The first-order chi connectivity index (χ1) is 28.7. The second-order valence-electron chi connectivity index (χ2n) is 15.0. The van der Waals surface area contributed by atoms with E-state index in [0.29, 0.717) is 55.4 Å². The van der Waals surface area contributed by atoms with E-state index in [1.165, 1.54) is 0 Å². The van der Waals surface area contributed by atoms with Gasteiger partial charge >= 0.3 is 0 Å². The quantitative estimate of drug-likeness (QED) is 0.0463. The fourth-order valence-corrected chi connectivity index (χ4v) is 7.97. The minimum Gasteiger partial charge on any atom is -0.497 e. The summed E-state index contributed by atoms with van der Waals surface area (Å²) in [4.78, 5) is 0. The Hall–Kier alpha value is -4.09. The van der Waals surface area contributed by atoms with Crippen molar-refractivity contribution in [3.05, 3.63) is 142 Å². The molecular weight excluding hydrogens is 768 g/mol. The van der Waals surface area contributed by atoms with Crippen LogP contribution in [0.2, 0.25) is 5.02 Å². The molecule has 4 aromatic carbocycles. The second kappa shape index (κ2) is 20.4. The van der Waals surface area contributed by atoms with Gasteiger partial charge in [-0.25, -0.2) is 0 Å². The standard InChI is InChI=1S/C49H61ClO9/c1-8-13-31-53-46(44(42-33-55-47(9-2,10-3)57-42)54-32-35-19-25-39(50)26-20-35)45-43(58-48(11-4,12-5)59-45)34-56-49(36-17-15-14-16-18-36,37-21-27-40(51-6)28-22-37)38-23-29-41(52-7)30-24-38/h14-30,42-44H,8-13,31-34H2,1-7H3/b46-45+. The minimum atomic E-state index is -1.09. The lowest BCUT2D eigenvalue weighted by molar-refractivity contribution is -0.187. The van der Waals surface area contributed by atoms with E-state index < -0.39 is 35.5 Å². The summed E-state index contributed by atoms with van der Waals surface area (Å²) in [6.45, 7) is 11.6. The van der Waals surface area contributed by atoms with Gasteiger partial charge in [0, 0.05) is 17.9 Å². The molecule has 2 heterocycles. The Balaban J connectivity index is 1.49. The Morgan fingerprint density at radius 2 is 1.31 bits per heavy atom. The highest BCUT2D eigenvalue weighted by Crippen LogP contribution is 2.46. The van der Waals surface area contributed by atoms with E-state index >= 15 is 0 Å². The molecule has 0 spiro atoms. The van der Waals surface area contributed by atoms with Crippen LogP contribution in [0, 0.1) is 0 Å². The molecule has 0 radical (unpaired) electrons. The predicted octanol–water partition coefficient (Wildman–Crippen LogP) is 11.1. The van der Waals surface area contributed by atoms with Crippen molar-refractivity contribution in [3.63, 3.8) is 0 Å². The third kappa shape index (κ3) is 9.94. The number of methoxy groups -OCH3 is 2. The summed E-state index contributed by atoms with van der Waals surface area (Å²) >= 11 is 6.27. The molecule has 0 bridgehead atoms. The Labute approximate surface area is 355 Å². The summed E-state index contributed by atoms with van der Waals surface area (Å²) in [5.74, 6) is 0.885. The number of unbranched alkanes of at least 4 members (excludes halogenated alkanes) is 1. The highest BCUT2D eigenvalue weighted by molar-refractivity contribution is 6.30. The zero-order valence-corrected chi connectivity index (χ0v) is 36.4. The molecule has 0 aromatic heterocycles. The van der Waals surface area contributed by atoms with E-state index in [-0.39, 0.29) is 13.2 Å². The van der Waals surface area contributed by atoms with E-state index in [0.717, 1.165) is 46.6 Å². The van der Waals surface area contributed by atoms with Gasteiger partial charge in [-0.2, -0.15) is 0 Å². The van der Waals surface area contributed by atoms with Crippen LogP contribution in [0.3, 0.4) is 0 Å². The SMILES string of the molecule is CCCCO/C(=C1/OC(CC)(CC)OC1COC(c1ccccc1)(c1ccc(OC)cc1)c1ccc(OC)cc1)C(OCc1ccc(Cl)cc1)C1COC(CC)(CC)O1. The summed E-state index contributed by atoms with van der Waals surface area (Å²) in [5, 5.41) is 0.657. The molecule has 0 amide bonds. The Bertz CT molecular complexity index is 1860. The largest absolute Gasteiger partial charge is 0.497 e. The number of hydrogen-bond donors (Lipinski definition) is 0. The van der Waals surface area contributed by atoms with Crippen molar-refractivity contribution < 1.29 is 42.6 Å². The molecule has 3 unspecified atom stereocenters. The number of ether oxygens (including phenoxy) is 9. The van der Waals surface area contributed by atoms with Crippen molar-refractivity contribution >= 4 is 11.6 Å². The average molecular weight is 829 g/mol. The van der Waals surface area contributed by atoms with Crippen LogP contribution < -0.4 is 9.47 Å². The van der Waals surface area contributed by atoms with Crippen molar-refractivity contribution in [1.82, 2.24) is 0 Å². The first-order valence-electron chi connectivity index (χ1n) is 21.1. The average Bonchev–Trinajstić information content (AvgIpc) is 3.90. The molecule has 2 aliphatic heterocycles. The Morgan fingerprint density at radius 1 is 0.729 bits per heavy atom. The highest BCUT2D eigenvalue weighted by atomic mass is 35.5. The second-order valence-corrected chi connectivity index (χ2v) is 15.5. The topological polar surface area (TPSA) is 83.1 Å². The van der Waals surface area contributed by atoms with Gasteiger partial charge in [-0.3, -0.25) is 0 Å². The maximum atomic E-state index is 7.44. The van der Waals surface area contributed by atoms with Crippen LogP contribution in [-0.4, -0.2) is 63.9 Å². The van der Waals surface area contributed by atoms with Crippen molar-refractivity contribution in [2.45, 2.75) is 115 Å². The summed E-state index contributed by atoms with van der Waals surface area (Å²) in [6.07, 6.45) is 2.48. The van der Waals surface area contributed by atoms with Gasteiger partial charge in [0.1, 0.15) is 35.4 Å². The van der Waals surface area contributed by atoms with Crippen LogP contribution in [0.25, 0.3) is 0 Å². The van der Waals surface area contributed by atoms with Gasteiger partial charge in [0.2, 0.25) is 5.79 Å². The molecule has 2 saturated heterocycles. The summed E-state index contributed by atoms with van der Waals surface area (Å²) < 4.78 is 59.6. The number of halogens is 1. The minimum absolute atomic E-state index is 0.102. The van der Waals surface area contributed by atoms with Crippen LogP contribution in [0.4, 0.5) is 0 Å². The van der Waals surface area contributed by atoms with Gasteiger partial charge in [-0.05, 0) is 77.9 Å². The first-order valence-corrected chi connectivity index (χ1v) is 21.5. The van der Waals surface area contributed by atoms with E-state index in [4.69, 9.17) is 54.2 Å². The van der Waals surface area contributed by atoms with E-state index in [9.17, 15) is 0 Å². The molecule has 2 fully saturated rings. The van der Waals surface area contributed by atoms with Crippen molar-refractivity contribution in [2.24, 2.45) is 0 Å². The summed E-state index contributed by atoms with van der Waals surface area (Å²) in [6, 6.07) is 33.9. The monoisotopic (exact) mass is 828 g/mol. The molecule has 0 aliphatic carbocycles. The molecule has 4 aromatic rings. The fourth-order valence-electron chi connectivity index (χ4n) is 7.84. The van der Waals surface area contributed by atoms with Gasteiger partial charge in [0.25, 0.3) is 0 Å². The summed E-state index contributed by atoms with van der Waals surface area (Å²) in [7, 11) is 3.33. The third-order valence-electron chi connectivity index (χ3n) is 11.5. The van der Waals surface area contributed by atoms with E-state index in [2.05, 4.69) is 46.8 Å². The lowest BCUT2D eigenvalue weighted by atomic mass is 9.80. The first kappa shape index (κ1) is 44.5. The molecule has 2 aliphatic rings. The van der Waals surface area contributed by atoms with Crippen LogP contribution in [0.15, 0.2) is 115 Å². The normalized spacial score (nSPS) is 19.9. The maximum Gasteiger partial charge on any atom is 0.210 e. The lowest BCUT2D eigenvalue weighted by Gasteiger charge is -2.37. The van der Waals surface area contributed by atoms with E-state index in [1.807, 2.05) is 91.0 Å². The molecule has 3 atom stereocenters. The molecule has 10 heteroatoms. The number of benzene rings is 4. The molecule has 6 rings (SSSR count). The molecular formula is C49H61ClO9. The van der Waals surface area contributed by atoms with Gasteiger partial charge in [0.05, 0.1) is 40.6 Å². The van der Waals surface area contributed by atoms with Crippen molar-refractivity contribution in [3.8, 4) is 11.5 Å². The highest BCUT2D eigenvalue weighted by Gasteiger charge is 2.51. The smallest absolute Gasteiger partial charge is 0.210 e. The zero-order valence-electron chi connectivity index (χ0n) is 35.7. The van der Waals surface area contributed by atoms with Crippen LogP contribution >= 0.6 is 11.6 Å². The lowest BCUT2D eigenvalue weighted by Crippen LogP contribution is -2.39. The van der Waals surface area contributed by atoms with Gasteiger partial charge < -0.3 is 42.6 Å². The Kier molecular flexibility index (Phi) is 15.4. The van der Waals surface area contributed by atoms with Crippen LogP contribution in [-0.2, 0) is 45.4 Å². The molecule has 0 N–H and O–H groups in total. The number of rotatable bonds is 21. The fraction of sp³-hybridized carbons (Fsp3) is 0.469. The number of hydrogen-bond acceptors (Lipinski definition) is 9. The van der Waals surface area contributed by atoms with Crippen molar-refractivity contribution in [1.29, 1.82) is 0 Å². The van der Waals surface area contributed by atoms with Gasteiger partial charge in [-0.1, -0.05) is 119 Å². The van der Waals surface area contributed by atoms with E-state index in [1.54, 1.807) is 14.2 Å². The van der Waals surface area contributed by atoms with Gasteiger partial charge in [0.15, 0.2) is 17.3 Å². The molecule has 9 nitrogen and oxygen atoms in total.